The van der Waals surface area contributed by atoms with Gasteiger partial charge >= 0.3 is 0 Å². The topological polar surface area (TPSA) is 15.3 Å². The summed E-state index contributed by atoms with van der Waals surface area (Å²) >= 11 is 0. The van der Waals surface area contributed by atoms with Crippen molar-refractivity contribution in [3.8, 4) is 0 Å². The van der Waals surface area contributed by atoms with Crippen LogP contribution in [0.15, 0.2) is 0 Å². The molecule has 0 radical (unpaired) electrons. The highest BCUT2D eigenvalue weighted by Gasteiger charge is 2.43. The minimum Gasteiger partial charge on any atom is -0.314 e. The van der Waals surface area contributed by atoms with Gasteiger partial charge in [-0.25, -0.2) is 0 Å². The Kier molecular flexibility index (Phi) is 3.45. The summed E-state index contributed by atoms with van der Waals surface area (Å²) in [7, 11) is 0. The maximum absolute atomic E-state index is 3.51. The van der Waals surface area contributed by atoms with Gasteiger partial charge in [-0.05, 0) is 19.3 Å². The molecule has 2 heteroatoms. The van der Waals surface area contributed by atoms with Crippen LogP contribution < -0.4 is 5.32 Å². The molecule has 3 fully saturated rings. The van der Waals surface area contributed by atoms with Crippen molar-refractivity contribution in [1.29, 1.82) is 0 Å². The lowest BCUT2D eigenvalue weighted by Gasteiger charge is -2.56. The van der Waals surface area contributed by atoms with Crippen LogP contribution in [-0.4, -0.2) is 36.1 Å². The minimum absolute atomic E-state index is 0.871. The van der Waals surface area contributed by atoms with Gasteiger partial charge in [-0.15, -0.1) is 0 Å². The van der Waals surface area contributed by atoms with E-state index in [1.54, 1.807) is 0 Å². The highest BCUT2D eigenvalue weighted by Crippen LogP contribution is 2.33. The van der Waals surface area contributed by atoms with E-state index in [0.29, 0.717) is 0 Å². The predicted molar refractivity (Wildman–Crippen MR) is 60.5 cm³/mol. The summed E-state index contributed by atoms with van der Waals surface area (Å²) in [5, 5.41) is 3.51. The first-order valence-electron chi connectivity index (χ1n) is 6.35. The van der Waals surface area contributed by atoms with Gasteiger partial charge in [0.1, 0.15) is 0 Å². The smallest absolute Gasteiger partial charge is 0.0242 e. The lowest BCUT2D eigenvalue weighted by molar-refractivity contribution is -0.0532. The number of piperidine rings is 1. The van der Waals surface area contributed by atoms with Gasteiger partial charge in [0, 0.05) is 31.2 Å². The monoisotopic (exact) mass is 196 g/mol. The van der Waals surface area contributed by atoms with Gasteiger partial charge in [0.25, 0.3) is 0 Å². The third-order valence-electron chi connectivity index (χ3n) is 3.93. The molecule has 2 bridgehead atoms. The molecule has 3 aliphatic rings. The maximum Gasteiger partial charge on any atom is 0.0242 e. The number of hydrogen-bond acceptors (Lipinski definition) is 2. The molecule has 14 heavy (non-hydrogen) atoms. The molecule has 0 saturated carbocycles. The van der Waals surface area contributed by atoms with E-state index in [2.05, 4.69) is 24.1 Å². The fraction of sp³-hybridized carbons (Fsp3) is 1.00. The molecule has 3 heterocycles. The first-order valence-corrected chi connectivity index (χ1v) is 6.35. The Balaban J connectivity index is 1.85. The van der Waals surface area contributed by atoms with Crippen molar-refractivity contribution in [3.05, 3.63) is 0 Å². The van der Waals surface area contributed by atoms with Crippen LogP contribution in [0.1, 0.15) is 46.0 Å². The molecular formula is C12H24N2. The third kappa shape index (κ3) is 1.82. The van der Waals surface area contributed by atoms with E-state index in [4.69, 9.17) is 0 Å². The predicted octanol–water partition coefficient (Wildman–Crippen LogP) is 2.00. The lowest BCUT2D eigenvalue weighted by Crippen LogP contribution is -2.70. The fourth-order valence-electron chi connectivity index (χ4n) is 3.11. The first kappa shape index (κ1) is 10.4. The zero-order valence-corrected chi connectivity index (χ0v) is 9.63. The summed E-state index contributed by atoms with van der Waals surface area (Å²) in [6.07, 6.45) is 6.96. The van der Waals surface area contributed by atoms with Gasteiger partial charge in [0.15, 0.2) is 0 Å². The molecule has 0 spiro atoms. The number of nitrogens with zero attached hydrogens (tertiary/aromatic N) is 1. The summed E-state index contributed by atoms with van der Waals surface area (Å²) in [5.41, 5.74) is 0. The fourth-order valence-corrected chi connectivity index (χ4v) is 3.11. The van der Waals surface area contributed by atoms with Crippen molar-refractivity contribution in [1.82, 2.24) is 10.2 Å². The van der Waals surface area contributed by atoms with Crippen molar-refractivity contribution in [3.63, 3.8) is 0 Å². The second kappa shape index (κ2) is 4.63. The highest BCUT2D eigenvalue weighted by atomic mass is 15.3. The maximum atomic E-state index is 3.51. The van der Waals surface area contributed by atoms with E-state index in [1.165, 1.54) is 45.2 Å². The molecule has 3 saturated heterocycles. The summed E-state index contributed by atoms with van der Waals surface area (Å²) in [4.78, 5) is 2.80. The molecular weight excluding hydrogens is 172 g/mol. The normalized spacial score (nSPS) is 33.9. The van der Waals surface area contributed by atoms with Crippen molar-refractivity contribution >= 4 is 0 Å². The average Bonchev–Trinajstić information content (AvgIpc) is 2.24. The van der Waals surface area contributed by atoms with Crippen molar-refractivity contribution in [2.45, 2.75) is 64.1 Å². The first-order chi connectivity index (χ1) is 6.86. The van der Waals surface area contributed by atoms with E-state index < -0.39 is 0 Å². The molecule has 0 aromatic rings. The largest absolute Gasteiger partial charge is 0.314 e. The summed E-state index contributed by atoms with van der Waals surface area (Å²) in [6.45, 7) is 7.12. The van der Waals surface area contributed by atoms with Crippen LogP contribution in [0, 0.1) is 0 Å². The Morgan fingerprint density at radius 2 is 2.00 bits per heavy atom. The molecule has 0 aliphatic carbocycles. The van der Waals surface area contributed by atoms with E-state index in [0.717, 1.165) is 18.1 Å². The minimum atomic E-state index is 0.871. The molecule has 1 N–H and O–H groups in total. The molecule has 82 valence electrons. The van der Waals surface area contributed by atoms with Crippen molar-refractivity contribution in [2.75, 3.05) is 13.1 Å². The van der Waals surface area contributed by atoms with E-state index in [1.807, 2.05) is 0 Å². The second-order valence-electron chi connectivity index (χ2n) is 4.85. The Bertz CT molecular complexity index is 167. The zero-order valence-electron chi connectivity index (χ0n) is 9.63. The molecule has 0 aromatic carbocycles. The average molecular weight is 196 g/mol. The van der Waals surface area contributed by atoms with Gasteiger partial charge in [0.2, 0.25) is 0 Å². The van der Waals surface area contributed by atoms with E-state index in [9.17, 15) is 0 Å². The highest BCUT2D eigenvalue weighted by molar-refractivity contribution is 5.01. The summed E-state index contributed by atoms with van der Waals surface area (Å²) in [5.74, 6) is 0. The molecule has 3 rings (SSSR count). The second-order valence-corrected chi connectivity index (χ2v) is 4.85. The van der Waals surface area contributed by atoms with Crippen LogP contribution in [0.2, 0.25) is 0 Å². The summed E-state index contributed by atoms with van der Waals surface area (Å²) in [6, 6.07) is 2.62. The number of fused-ring (bicyclic) bond motifs is 2. The molecule has 0 amide bonds. The van der Waals surface area contributed by atoms with E-state index in [-0.39, 0.29) is 0 Å². The van der Waals surface area contributed by atoms with Gasteiger partial charge in [-0.3, -0.25) is 4.90 Å². The SMILES string of the molecule is CCCCC(CC)N1C2CNCC1C2. The summed E-state index contributed by atoms with van der Waals surface area (Å²) < 4.78 is 0. The number of rotatable bonds is 5. The van der Waals surface area contributed by atoms with Gasteiger partial charge in [0.05, 0.1) is 0 Å². The van der Waals surface area contributed by atoms with Gasteiger partial charge in [-0.2, -0.15) is 0 Å². The third-order valence-corrected chi connectivity index (χ3v) is 3.93. The number of piperazine rings is 1. The quantitative estimate of drug-likeness (QED) is 0.723. The molecule has 2 nitrogen and oxygen atoms in total. The van der Waals surface area contributed by atoms with Crippen molar-refractivity contribution in [2.24, 2.45) is 0 Å². The van der Waals surface area contributed by atoms with Gasteiger partial charge < -0.3 is 5.32 Å². The lowest BCUT2D eigenvalue weighted by atomic mass is 9.85. The number of hydrogen-bond donors (Lipinski definition) is 1. The Labute approximate surface area is 88.1 Å². The Morgan fingerprint density at radius 1 is 1.29 bits per heavy atom. The molecule has 3 unspecified atom stereocenters. The Morgan fingerprint density at radius 3 is 2.50 bits per heavy atom. The number of nitrogens with one attached hydrogen (secondary N) is 1. The van der Waals surface area contributed by atoms with Gasteiger partial charge in [-0.1, -0.05) is 26.7 Å². The standard InChI is InChI=1S/C12H24N2/c1-3-5-6-10(4-2)14-11-7-12(14)9-13-8-11/h10-13H,3-9H2,1-2H3. The van der Waals surface area contributed by atoms with Crippen LogP contribution in [0.3, 0.4) is 0 Å². The van der Waals surface area contributed by atoms with Crippen LogP contribution in [-0.2, 0) is 0 Å². The number of unbranched alkanes of at least 4 members (excludes halogenated alkanes) is 1. The van der Waals surface area contributed by atoms with Crippen LogP contribution >= 0.6 is 0 Å². The van der Waals surface area contributed by atoms with Crippen LogP contribution in [0.25, 0.3) is 0 Å². The molecule has 3 atom stereocenters. The van der Waals surface area contributed by atoms with E-state index >= 15 is 0 Å². The van der Waals surface area contributed by atoms with Crippen LogP contribution in [0.4, 0.5) is 0 Å². The van der Waals surface area contributed by atoms with Crippen molar-refractivity contribution < 1.29 is 0 Å². The zero-order chi connectivity index (χ0) is 9.97. The molecule has 0 aromatic heterocycles. The Hall–Kier alpha value is -0.0800. The van der Waals surface area contributed by atoms with Crippen LogP contribution in [0.5, 0.6) is 0 Å². The molecule has 3 aliphatic heterocycles.